The Hall–Kier alpha value is -2.09. The van der Waals surface area contributed by atoms with Crippen molar-refractivity contribution < 1.29 is 18.9 Å². The highest BCUT2D eigenvalue weighted by Crippen LogP contribution is 2.37. The third kappa shape index (κ3) is 5.14. The molecule has 2 amide bonds. The molecule has 5 nitrogen and oxygen atoms in total. The molecule has 1 aliphatic rings. The lowest BCUT2D eigenvalue weighted by Gasteiger charge is -2.30. The van der Waals surface area contributed by atoms with E-state index in [-0.39, 0.29) is 34.7 Å². The Balaban J connectivity index is 1.80. The van der Waals surface area contributed by atoms with Gasteiger partial charge in [0, 0.05) is 21.0 Å². The first-order valence-electron chi connectivity index (χ1n) is 10.1. The van der Waals surface area contributed by atoms with Crippen LogP contribution < -0.4 is 15.1 Å². The number of nitrogens with one attached hydrogen (secondary N) is 2. The number of rotatable bonds is 8. The van der Waals surface area contributed by atoms with E-state index >= 15 is 0 Å². The number of likely N-dealkylation sites (N-methyl/N-ethyl adjacent to an activating group) is 1. The number of nitrogens with zero attached hydrogens (tertiary/aromatic N) is 1. The lowest BCUT2D eigenvalue weighted by atomic mass is 10.1. The highest BCUT2D eigenvalue weighted by atomic mass is 35.5. The molecule has 0 radical (unpaired) electrons. The molecule has 160 valence electrons. The topological polar surface area (TPSA) is 53.9 Å². The lowest BCUT2D eigenvalue weighted by molar-refractivity contribution is -0.895. The Kier molecular flexibility index (Phi) is 7.75. The Bertz CT molecular complexity index is 916. The van der Waals surface area contributed by atoms with Crippen LogP contribution in [0.4, 0.5) is 10.1 Å². The summed E-state index contributed by atoms with van der Waals surface area (Å²) in [6.45, 7) is 7.72. The summed E-state index contributed by atoms with van der Waals surface area (Å²) >= 11 is 7.58. The first-order valence-corrected chi connectivity index (χ1v) is 11.4. The summed E-state index contributed by atoms with van der Waals surface area (Å²) in [5.74, 6) is -0.522. The average molecular weight is 451 g/mol. The van der Waals surface area contributed by atoms with E-state index in [1.54, 1.807) is 18.2 Å². The molecule has 0 bridgehead atoms. The molecule has 0 saturated heterocycles. The summed E-state index contributed by atoms with van der Waals surface area (Å²) in [5.41, 5.74) is 1.35. The van der Waals surface area contributed by atoms with Gasteiger partial charge in [0.05, 0.1) is 44.2 Å². The molecule has 2 N–H and O–H groups in total. The van der Waals surface area contributed by atoms with Crippen LogP contribution >= 0.6 is 23.4 Å². The van der Waals surface area contributed by atoms with Crippen molar-refractivity contribution >= 4 is 40.9 Å². The molecule has 0 unspecified atom stereocenters. The predicted octanol–water partition coefficient (Wildman–Crippen LogP) is 2.77. The molecular weight excluding hydrogens is 425 g/mol. The van der Waals surface area contributed by atoms with Crippen molar-refractivity contribution in [2.45, 2.75) is 25.3 Å². The van der Waals surface area contributed by atoms with Crippen LogP contribution in [0.1, 0.15) is 29.8 Å². The Morgan fingerprint density at radius 1 is 1.27 bits per heavy atom. The molecule has 0 fully saturated rings. The van der Waals surface area contributed by atoms with E-state index in [1.807, 2.05) is 6.07 Å². The number of hydrogen-bond acceptors (Lipinski definition) is 3. The number of amides is 2. The van der Waals surface area contributed by atoms with E-state index in [0.717, 1.165) is 24.5 Å². The third-order valence-electron chi connectivity index (χ3n) is 5.31. The van der Waals surface area contributed by atoms with Crippen molar-refractivity contribution in [3.63, 3.8) is 0 Å². The van der Waals surface area contributed by atoms with Gasteiger partial charge in [-0.15, -0.1) is 11.8 Å². The van der Waals surface area contributed by atoms with Gasteiger partial charge in [-0.25, -0.2) is 4.39 Å². The van der Waals surface area contributed by atoms with Crippen LogP contribution in [0.15, 0.2) is 41.3 Å². The van der Waals surface area contributed by atoms with Crippen LogP contribution in [0.25, 0.3) is 0 Å². The minimum Gasteiger partial charge on any atom is -0.346 e. The van der Waals surface area contributed by atoms with Gasteiger partial charge < -0.3 is 15.1 Å². The summed E-state index contributed by atoms with van der Waals surface area (Å²) in [5, 5.41) is 3.22. The van der Waals surface area contributed by atoms with Crippen LogP contribution in [0.3, 0.4) is 0 Å². The van der Waals surface area contributed by atoms with E-state index in [4.69, 9.17) is 11.6 Å². The number of anilines is 1. The summed E-state index contributed by atoms with van der Waals surface area (Å²) in [6, 6.07) is 9.76. The first kappa shape index (κ1) is 22.6. The maximum Gasteiger partial charge on any atom is 0.251 e. The zero-order valence-corrected chi connectivity index (χ0v) is 18.7. The Morgan fingerprint density at radius 2 is 2.03 bits per heavy atom. The van der Waals surface area contributed by atoms with Gasteiger partial charge in [0.2, 0.25) is 5.91 Å². The molecule has 1 heterocycles. The van der Waals surface area contributed by atoms with Gasteiger partial charge in [-0.1, -0.05) is 17.7 Å². The van der Waals surface area contributed by atoms with Gasteiger partial charge in [0.15, 0.2) is 0 Å². The monoisotopic (exact) mass is 450 g/mol. The first-order chi connectivity index (χ1) is 14.4. The molecule has 0 atom stereocenters. The molecule has 8 heteroatoms. The molecule has 2 aromatic rings. The van der Waals surface area contributed by atoms with Crippen molar-refractivity contribution in [3.05, 3.63) is 58.4 Å². The number of halogens is 2. The van der Waals surface area contributed by atoms with E-state index in [9.17, 15) is 14.0 Å². The highest BCUT2D eigenvalue weighted by Gasteiger charge is 2.27. The normalized spacial score (nSPS) is 13.5. The highest BCUT2D eigenvalue weighted by molar-refractivity contribution is 8.00. The molecule has 0 spiro atoms. The maximum atomic E-state index is 14.3. The molecule has 3 rings (SSSR count). The number of hydrogen-bond donors (Lipinski definition) is 2. The molecule has 1 aliphatic heterocycles. The van der Waals surface area contributed by atoms with Crippen LogP contribution in [-0.4, -0.2) is 43.7 Å². The van der Waals surface area contributed by atoms with E-state index < -0.39 is 5.82 Å². The van der Waals surface area contributed by atoms with Crippen LogP contribution in [-0.2, 0) is 11.3 Å². The quantitative estimate of drug-likeness (QED) is 0.650. The van der Waals surface area contributed by atoms with Crippen molar-refractivity contribution in [1.82, 2.24) is 5.32 Å². The zero-order chi connectivity index (χ0) is 21.7. The molecule has 0 aromatic heterocycles. The van der Waals surface area contributed by atoms with Gasteiger partial charge in [-0.05, 0) is 44.2 Å². The summed E-state index contributed by atoms with van der Waals surface area (Å²) in [7, 11) is 0. The summed E-state index contributed by atoms with van der Waals surface area (Å²) < 4.78 is 14.3. The van der Waals surface area contributed by atoms with E-state index in [0.29, 0.717) is 17.8 Å². The molecule has 0 aliphatic carbocycles. The molecule has 0 saturated carbocycles. The van der Waals surface area contributed by atoms with Gasteiger partial charge in [-0.2, -0.15) is 0 Å². The zero-order valence-electron chi connectivity index (χ0n) is 17.1. The van der Waals surface area contributed by atoms with Crippen molar-refractivity contribution in [1.29, 1.82) is 0 Å². The number of quaternary nitrogens is 1. The Morgan fingerprint density at radius 3 is 2.73 bits per heavy atom. The van der Waals surface area contributed by atoms with Crippen molar-refractivity contribution in [3.8, 4) is 0 Å². The smallest absolute Gasteiger partial charge is 0.251 e. The second-order valence-electron chi connectivity index (χ2n) is 7.11. The fraction of sp³-hybridized carbons (Fsp3) is 0.364. The second kappa shape index (κ2) is 10.3. The molecular formula is C22H26ClFN3O2S+. The average Bonchev–Trinajstić information content (AvgIpc) is 2.74. The maximum absolute atomic E-state index is 14.3. The number of carbonyl (C=O) groups excluding carboxylic acids is 2. The number of benzene rings is 2. The van der Waals surface area contributed by atoms with Crippen LogP contribution in [0.5, 0.6) is 0 Å². The van der Waals surface area contributed by atoms with Crippen molar-refractivity contribution in [2.24, 2.45) is 0 Å². The third-order valence-corrected chi connectivity index (χ3v) is 6.71. The second-order valence-corrected chi connectivity index (χ2v) is 8.54. The van der Waals surface area contributed by atoms with E-state index in [2.05, 4.69) is 19.2 Å². The van der Waals surface area contributed by atoms with Gasteiger partial charge in [-0.3, -0.25) is 9.59 Å². The largest absolute Gasteiger partial charge is 0.346 e. The van der Waals surface area contributed by atoms with E-state index in [1.165, 1.54) is 33.7 Å². The fourth-order valence-corrected chi connectivity index (χ4v) is 4.56. The summed E-state index contributed by atoms with van der Waals surface area (Å²) in [6.07, 6.45) is 0. The number of fused-ring (bicyclic) bond motifs is 1. The van der Waals surface area contributed by atoms with Gasteiger partial charge in [0.1, 0.15) is 5.82 Å². The Labute approximate surface area is 185 Å². The molecule has 2 aromatic carbocycles. The minimum atomic E-state index is -0.456. The number of carbonyl (C=O) groups is 2. The number of thioether (sulfide) groups is 1. The standard InChI is InChI=1S/C22H25ClFN3O2S/c1-3-26(4-2)11-10-25-22(29)15-8-9-20-19(12-15)27(21(28)14-30-20)13-16-17(23)6-5-7-18(16)24/h5-9,12H,3-4,10-11,13-14H2,1-2H3,(H,25,29)/p+1. The van der Waals surface area contributed by atoms with Crippen LogP contribution in [0, 0.1) is 5.82 Å². The predicted molar refractivity (Wildman–Crippen MR) is 119 cm³/mol. The minimum absolute atomic E-state index is 0.0221. The van der Waals surface area contributed by atoms with Crippen LogP contribution in [0.2, 0.25) is 5.02 Å². The van der Waals surface area contributed by atoms with Crippen molar-refractivity contribution in [2.75, 3.05) is 36.8 Å². The molecule has 30 heavy (non-hydrogen) atoms. The lowest BCUT2D eigenvalue weighted by Crippen LogP contribution is -3.12. The van der Waals surface area contributed by atoms with Gasteiger partial charge in [0.25, 0.3) is 5.91 Å². The van der Waals surface area contributed by atoms with Gasteiger partial charge >= 0.3 is 0 Å². The fourth-order valence-electron chi connectivity index (χ4n) is 3.42. The summed E-state index contributed by atoms with van der Waals surface area (Å²) in [4.78, 5) is 29.0. The SMILES string of the molecule is CC[NH+](CC)CCNC(=O)c1ccc2c(c1)N(Cc1c(F)cccc1Cl)C(=O)CS2.